The molecule has 1 saturated carbocycles. The van der Waals surface area contributed by atoms with Gasteiger partial charge in [-0.15, -0.1) is 6.61 Å². The van der Waals surface area contributed by atoms with Crippen molar-refractivity contribution in [2.45, 2.75) is 39.5 Å². The van der Waals surface area contributed by atoms with Crippen LogP contribution in [-0.4, -0.2) is 6.61 Å². The van der Waals surface area contributed by atoms with Crippen LogP contribution in [0, 0.1) is 11.3 Å². The summed E-state index contributed by atoms with van der Waals surface area (Å²) in [7, 11) is 0. The van der Waals surface area contributed by atoms with Gasteiger partial charge >= 0.3 is 0 Å². The number of hydrogen-bond acceptors (Lipinski definition) is 1. The molecular weight excluding hydrogens is 188 g/mol. The molecule has 2 atom stereocenters. The first-order valence-electron chi connectivity index (χ1n) is 4.27. The third-order valence-electron chi connectivity index (χ3n) is 3.15. The van der Waals surface area contributed by atoms with Crippen LogP contribution in [-0.2, 0) is 0 Å². The van der Waals surface area contributed by atoms with Gasteiger partial charge in [0.15, 0.2) is 0 Å². The van der Waals surface area contributed by atoms with Crippen molar-refractivity contribution in [2.75, 3.05) is 6.61 Å². The van der Waals surface area contributed by atoms with Gasteiger partial charge < -0.3 is 29.8 Å². The maximum atomic E-state index is 10.8. The quantitative estimate of drug-likeness (QED) is 0.592. The van der Waals surface area contributed by atoms with Gasteiger partial charge in [-0.3, -0.25) is 0 Å². The van der Waals surface area contributed by atoms with Crippen LogP contribution in [0.15, 0.2) is 0 Å². The molecule has 1 rings (SSSR count). The summed E-state index contributed by atoms with van der Waals surface area (Å²) in [5.74, 6) is 0.652. The fourth-order valence-electron chi connectivity index (χ4n) is 1.79. The largest absolute Gasteiger partial charge is 1.00 e. The lowest BCUT2D eigenvalue weighted by Crippen LogP contribution is -3.00. The minimum absolute atomic E-state index is 0. The SMILES string of the molecule is CC1CCCCC1(C)C[O-].[Cl-].[NH4+].[NH4+]. The number of rotatable bonds is 1. The van der Waals surface area contributed by atoms with E-state index < -0.39 is 0 Å². The molecule has 1 aliphatic rings. The van der Waals surface area contributed by atoms with Crippen molar-refractivity contribution in [1.82, 2.24) is 12.3 Å². The first-order chi connectivity index (χ1) is 4.69. The van der Waals surface area contributed by atoms with Gasteiger partial charge in [-0.25, -0.2) is 0 Å². The smallest absolute Gasteiger partial charge is 0.0401 e. The van der Waals surface area contributed by atoms with Crippen molar-refractivity contribution in [3.63, 3.8) is 0 Å². The van der Waals surface area contributed by atoms with Crippen LogP contribution < -0.4 is 29.8 Å². The van der Waals surface area contributed by atoms with Crippen molar-refractivity contribution in [2.24, 2.45) is 11.3 Å². The molecule has 8 N–H and O–H groups in total. The van der Waals surface area contributed by atoms with Crippen LogP contribution in [0.2, 0.25) is 0 Å². The maximum absolute atomic E-state index is 10.8. The van der Waals surface area contributed by atoms with Crippen LogP contribution >= 0.6 is 0 Å². The van der Waals surface area contributed by atoms with Gasteiger partial charge in [0.1, 0.15) is 0 Å². The molecule has 2 unspecified atom stereocenters. The van der Waals surface area contributed by atoms with Gasteiger partial charge in [0.2, 0.25) is 0 Å². The molecule has 84 valence electrons. The Morgan fingerprint density at radius 3 is 2.15 bits per heavy atom. The van der Waals surface area contributed by atoms with Crippen molar-refractivity contribution < 1.29 is 17.5 Å². The van der Waals surface area contributed by atoms with E-state index in [1.165, 1.54) is 19.3 Å². The number of hydrogen-bond donors (Lipinski definition) is 2. The van der Waals surface area contributed by atoms with E-state index in [4.69, 9.17) is 0 Å². The minimum atomic E-state index is 0. The van der Waals surface area contributed by atoms with Gasteiger partial charge in [0, 0.05) is 0 Å². The van der Waals surface area contributed by atoms with E-state index in [9.17, 15) is 5.11 Å². The summed E-state index contributed by atoms with van der Waals surface area (Å²) in [6.45, 7) is 4.48. The third kappa shape index (κ3) is 4.27. The van der Waals surface area contributed by atoms with E-state index in [0.717, 1.165) is 6.42 Å². The summed E-state index contributed by atoms with van der Waals surface area (Å²) in [4.78, 5) is 0. The van der Waals surface area contributed by atoms with E-state index in [-0.39, 0.29) is 36.7 Å². The molecule has 0 saturated heterocycles. The van der Waals surface area contributed by atoms with Crippen molar-refractivity contribution in [3.05, 3.63) is 0 Å². The summed E-state index contributed by atoms with van der Waals surface area (Å²) >= 11 is 0. The molecule has 4 heteroatoms. The fraction of sp³-hybridized carbons (Fsp3) is 1.00. The Labute approximate surface area is 87.9 Å². The second-order valence-electron chi connectivity index (χ2n) is 3.95. The van der Waals surface area contributed by atoms with E-state index in [1.807, 2.05) is 0 Å². The molecule has 0 aliphatic heterocycles. The summed E-state index contributed by atoms with van der Waals surface area (Å²) in [5.41, 5.74) is 0.123. The topological polar surface area (TPSA) is 96.1 Å². The highest BCUT2D eigenvalue weighted by molar-refractivity contribution is 4.82. The van der Waals surface area contributed by atoms with Crippen molar-refractivity contribution in [1.29, 1.82) is 0 Å². The molecular formula is C9H25ClN2O. The lowest BCUT2D eigenvalue weighted by molar-refractivity contribution is -0.397. The van der Waals surface area contributed by atoms with Crippen molar-refractivity contribution >= 4 is 0 Å². The summed E-state index contributed by atoms with van der Waals surface area (Å²) < 4.78 is 0. The van der Waals surface area contributed by atoms with E-state index in [2.05, 4.69) is 13.8 Å². The highest BCUT2D eigenvalue weighted by Gasteiger charge is 2.29. The molecule has 0 aromatic carbocycles. The molecule has 3 nitrogen and oxygen atoms in total. The van der Waals surface area contributed by atoms with Crippen LogP contribution in [0.5, 0.6) is 0 Å². The van der Waals surface area contributed by atoms with Gasteiger partial charge in [0.25, 0.3) is 0 Å². The maximum Gasteiger partial charge on any atom is -0.0401 e. The zero-order valence-corrected chi connectivity index (χ0v) is 10.2. The van der Waals surface area contributed by atoms with Crippen LogP contribution in [0.4, 0.5) is 0 Å². The van der Waals surface area contributed by atoms with Crippen LogP contribution in [0.25, 0.3) is 0 Å². The molecule has 0 spiro atoms. The van der Waals surface area contributed by atoms with Gasteiger partial charge in [-0.2, -0.15) is 0 Å². The average molecular weight is 213 g/mol. The molecule has 0 radical (unpaired) electrons. The third-order valence-corrected chi connectivity index (χ3v) is 3.15. The summed E-state index contributed by atoms with van der Waals surface area (Å²) in [6.07, 6.45) is 5.01. The van der Waals surface area contributed by atoms with Gasteiger partial charge in [-0.1, -0.05) is 33.1 Å². The molecule has 13 heavy (non-hydrogen) atoms. The first-order valence-corrected chi connectivity index (χ1v) is 4.27. The molecule has 0 bridgehead atoms. The Morgan fingerprint density at radius 1 is 1.31 bits per heavy atom. The zero-order chi connectivity index (χ0) is 7.61. The molecule has 0 amide bonds. The lowest BCUT2D eigenvalue weighted by atomic mass is 9.69. The fourth-order valence-corrected chi connectivity index (χ4v) is 1.79. The average Bonchev–Trinajstić information content (AvgIpc) is 1.96. The monoisotopic (exact) mass is 212 g/mol. The van der Waals surface area contributed by atoms with Crippen molar-refractivity contribution in [3.8, 4) is 0 Å². The highest BCUT2D eigenvalue weighted by Crippen LogP contribution is 2.39. The van der Waals surface area contributed by atoms with Gasteiger partial charge in [0.05, 0.1) is 0 Å². The lowest BCUT2D eigenvalue weighted by Gasteiger charge is -2.42. The Hall–Kier alpha value is 0.170. The minimum Gasteiger partial charge on any atom is -1.00 e. The van der Waals surface area contributed by atoms with Crippen LogP contribution in [0.1, 0.15) is 39.5 Å². The molecule has 0 aromatic heterocycles. The van der Waals surface area contributed by atoms with Crippen LogP contribution in [0.3, 0.4) is 0 Å². The molecule has 0 heterocycles. The highest BCUT2D eigenvalue weighted by atomic mass is 35.5. The number of halogens is 1. The second kappa shape index (κ2) is 7.56. The van der Waals surface area contributed by atoms with Gasteiger partial charge in [-0.05, 0) is 17.8 Å². The Balaban J connectivity index is -0.000000333. The van der Waals surface area contributed by atoms with E-state index >= 15 is 0 Å². The van der Waals surface area contributed by atoms with E-state index in [1.54, 1.807) is 0 Å². The Kier molecular flexibility index (Phi) is 11.0. The predicted molar refractivity (Wildman–Crippen MR) is 52.6 cm³/mol. The molecule has 1 fully saturated rings. The summed E-state index contributed by atoms with van der Waals surface area (Å²) in [6, 6.07) is 0. The normalized spacial score (nSPS) is 32.1. The summed E-state index contributed by atoms with van der Waals surface area (Å²) in [5, 5.41) is 10.8. The van der Waals surface area contributed by atoms with E-state index in [0.29, 0.717) is 5.92 Å². The number of quaternary nitrogens is 2. The second-order valence-corrected chi connectivity index (χ2v) is 3.95. The predicted octanol–water partition coefficient (Wildman–Crippen LogP) is -0.680. The Morgan fingerprint density at radius 2 is 1.85 bits per heavy atom. The zero-order valence-electron chi connectivity index (χ0n) is 9.40. The Bertz CT molecular complexity index is 124. The molecule has 1 aliphatic carbocycles. The molecule has 0 aromatic rings. The first kappa shape index (κ1) is 18.9. The standard InChI is InChI=1S/C9H17O.ClH.2H3N/c1-8-5-3-4-6-9(8,2)7-10;;;/h8H,3-7H2,1-2H3;1H;2*1H3/q-1;;;/p+1.